The molecule has 0 aliphatic rings. The van der Waals surface area contributed by atoms with Crippen molar-refractivity contribution < 1.29 is 17.9 Å². The van der Waals surface area contributed by atoms with Crippen LogP contribution in [0.5, 0.6) is 0 Å². The van der Waals surface area contributed by atoms with Crippen LogP contribution >= 0.6 is 11.6 Å². The minimum absolute atomic E-state index is 0.0374. The van der Waals surface area contributed by atoms with E-state index in [0.717, 1.165) is 5.39 Å². The Morgan fingerprint density at radius 1 is 1.17 bits per heavy atom. The minimum atomic E-state index is -3.79. The quantitative estimate of drug-likeness (QED) is 0.727. The van der Waals surface area contributed by atoms with E-state index in [9.17, 15) is 13.5 Å². The summed E-state index contributed by atoms with van der Waals surface area (Å²) >= 11 is 5.83. The first kappa shape index (κ1) is 17.0. The molecule has 0 saturated carbocycles. The fourth-order valence-corrected chi connectivity index (χ4v) is 3.72. The summed E-state index contributed by atoms with van der Waals surface area (Å²) in [7, 11) is -3.79. The van der Waals surface area contributed by atoms with Crippen LogP contribution in [0.2, 0.25) is 5.02 Å². The lowest BCUT2D eigenvalue weighted by molar-refractivity contribution is 0.0412. The van der Waals surface area contributed by atoms with E-state index in [1.807, 2.05) is 18.2 Å². The van der Waals surface area contributed by atoms with E-state index in [1.165, 1.54) is 19.1 Å². The molecule has 1 aromatic heterocycles. The van der Waals surface area contributed by atoms with Crippen LogP contribution in [0.4, 0.5) is 0 Å². The maximum absolute atomic E-state index is 12.3. The Kier molecular flexibility index (Phi) is 4.40. The first-order valence-electron chi connectivity index (χ1n) is 7.25. The molecule has 5 nitrogen and oxygen atoms in total. The van der Waals surface area contributed by atoms with Gasteiger partial charge in [0.25, 0.3) is 0 Å². The first-order valence-corrected chi connectivity index (χ1v) is 9.11. The van der Waals surface area contributed by atoms with Crippen LogP contribution in [0.25, 0.3) is 11.0 Å². The van der Waals surface area contributed by atoms with Gasteiger partial charge in [-0.1, -0.05) is 35.9 Å². The molecule has 0 saturated heterocycles. The third-order valence-electron chi connectivity index (χ3n) is 3.67. The highest BCUT2D eigenvalue weighted by molar-refractivity contribution is 7.89. The lowest BCUT2D eigenvalue weighted by Gasteiger charge is -2.21. The summed E-state index contributed by atoms with van der Waals surface area (Å²) in [6.07, 6.45) is 0. The van der Waals surface area contributed by atoms with Crippen molar-refractivity contribution in [1.82, 2.24) is 4.72 Å². The van der Waals surface area contributed by atoms with Crippen molar-refractivity contribution in [1.29, 1.82) is 0 Å². The van der Waals surface area contributed by atoms with Gasteiger partial charge in [-0.25, -0.2) is 13.1 Å². The van der Waals surface area contributed by atoms with Gasteiger partial charge in [0.1, 0.15) is 16.9 Å². The van der Waals surface area contributed by atoms with E-state index in [4.69, 9.17) is 16.0 Å². The number of hydrogen-bond donors (Lipinski definition) is 2. The topological polar surface area (TPSA) is 79.5 Å². The normalized spacial score (nSPS) is 14.6. The summed E-state index contributed by atoms with van der Waals surface area (Å²) in [6.45, 7) is 1.26. The molecule has 7 heteroatoms. The molecule has 1 heterocycles. The SMILES string of the molecule is C[C@](O)(CNS(=O)(=O)c1cccc(Cl)c1)c1cc2ccccc2o1. The van der Waals surface area contributed by atoms with Gasteiger partial charge in [0, 0.05) is 17.0 Å². The van der Waals surface area contributed by atoms with E-state index < -0.39 is 15.6 Å². The molecule has 2 aromatic carbocycles. The average Bonchev–Trinajstić information content (AvgIpc) is 2.98. The number of fused-ring (bicyclic) bond motifs is 1. The third kappa shape index (κ3) is 3.47. The molecule has 0 spiro atoms. The van der Waals surface area contributed by atoms with Gasteiger partial charge in [0.05, 0.1) is 4.90 Å². The Bertz CT molecular complexity index is 946. The summed E-state index contributed by atoms with van der Waals surface area (Å²) in [6, 6.07) is 14.9. The molecule has 0 bridgehead atoms. The van der Waals surface area contributed by atoms with Crippen molar-refractivity contribution >= 4 is 32.6 Å². The van der Waals surface area contributed by atoms with Gasteiger partial charge in [0.15, 0.2) is 0 Å². The number of halogens is 1. The number of furan rings is 1. The predicted octanol–water partition coefficient (Wildman–Crippen LogP) is 3.27. The van der Waals surface area contributed by atoms with E-state index in [0.29, 0.717) is 10.6 Å². The standard InChI is InChI=1S/C17H16ClNO4S/c1-17(20,16-9-12-5-2-3-8-15(12)23-16)11-19-24(21,22)14-7-4-6-13(18)10-14/h2-10,19-20H,11H2,1H3/t17-/m0/s1. The zero-order valence-corrected chi connectivity index (χ0v) is 14.4. The van der Waals surface area contributed by atoms with Crippen LogP contribution in [0.3, 0.4) is 0 Å². The zero-order chi connectivity index (χ0) is 17.4. The summed E-state index contributed by atoms with van der Waals surface area (Å²) in [5.74, 6) is 0.289. The molecule has 3 rings (SSSR count). The van der Waals surface area contributed by atoms with Crippen LogP contribution in [0.15, 0.2) is 63.9 Å². The van der Waals surface area contributed by atoms with Crippen molar-refractivity contribution in [2.75, 3.05) is 6.54 Å². The molecule has 0 fully saturated rings. The van der Waals surface area contributed by atoms with E-state index in [1.54, 1.807) is 24.3 Å². The van der Waals surface area contributed by atoms with E-state index in [-0.39, 0.29) is 17.2 Å². The van der Waals surface area contributed by atoms with Gasteiger partial charge < -0.3 is 9.52 Å². The highest BCUT2D eigenvalue weighted by Gasteiger charge is 2.29. The number of sulfonamides is 1. The summed E-state index contributed by atoms with van der Waals surface area (Å²) < 4.78 is 32.7. The highest BCUT2D eigenvalue weighted by Crippen LogP contribution is 2.28. The number of benzene rings is 2. The maximum atomic E-state index is 12.3. The third-order valence-corrected chi connectivity index (χ3v) is 5.30. The van der Waals surface area contributed by atoms with E-state index >= 15 is 0 Å². The fraction of sp³-hybridized carbons (Fsp3) is 0.176. The molecule has 24 heavy (non-hydrogen) atoms. The predicted molar refractivity (Wildman–Crippen MR) is 92.4 cm³/mol. The second kappa shape index (κ2) is 6.22. The Labute approximate surface area is 144 Å². The Morgan fingerprint density at radius 2 is 1.92 bits per heavy atom. The molecule has 126 valence electrons. The fourth-order valence-electron chi connectivity index (χ4n) is 2.29. The first-order chi connectivity index (χ1) is 11.3. The molecular weight excluding hydrogens is 350 g/mol. The van der Waals surface area contributed by atoms with Crippen LogP contribution in [0, 0.1) is 0 Å². The molecular formula is C17H16ClNO4S. The van der Waals surface area contributed by atoms with Gasteiger partial charge in [-0.15, -0.1) is 0 Å². The Balaban J connectivity index is 1.81. The molecule has 2 N–H and O–H groups in total. The largest absolute Gasteiger partial charge is 0.458 e. The maximum Gasteiger partial charge on any atom is 0.240 e. The monoisotopic (exact) mass is 365 g/mol. The van der Waals surface area contributed by atoms with Crippen molar-refractivity contribution in [3.63, 3.8) is 0 Å². The Morgan fingerprint density at radius 3 is 2.62 bits per heavy atom. The molecule has 0 aliphatic carbocycles. The van der Waals surface area contributed by atoms with E-state index in [2.05, 4.69) is 4.72 Å². The second-order valence-electron chi connectivity index (χ2n) is 5.70. The van der Waals surface area contributed by atoms with Crippen molar-refractivity contribution in [3.05, 3.63) is 65.4 Å². The van der Waals surface area contributed by atoms with Gasteiger partial charge >= 0.3 is 0 Å². The summed E-state index contributed by atoms with van der Waals surface area (Å²) in [5.41, 5.74) is -0.865. The highest BCUT2D eigenvalue weighted by atomic mass is 35.5. The second-order valence-corrected chi connectivity index (χ2v) is 7.91. The lowest BCUT2D eigenvalue weighted by Crippen LogP contribution is -2.38. The minimum Gasteiger partial charge on any atom is -0.458 e. The zero-order valence-electron chi connectivity index (χ0n) is 12.9. The van der Waals surface area contributed by atoms with Crippen molar-refractivity contribution in [3.8, 4) is 0 Å². The molecule has 0 aliphatic heterocycles. The van der Waals surface area contributed by atoms with Gasteiger partial charge in [-0.05, 0) is 37.3 Å². The van der Waals surface area contributed by atoms with Crippen LogP contribution in [0.1, 0.15) is 12.7 Å². The summed E-state index contributed by atoms with van der Waals surface area (Å²) in [4.78, 5) is 0.0374. The molecule has 3 aromatic rings. The molecule has 0 radical (unpaired) electrons. The number of nitrogens with one attached hydrogen (secondary N) is 1. The van der Waals surface area contributed by atoms with Gasteiger partial charge in [-0.2, -0.15) is 0 Å². The van der Waals surface area contributed by atoms with Crippen molar-refractivity contribution in [2.24, 2.45) is 0 Å². The smallest absolute Gasteiger partial charge is 0.240 e. The van der Waals surface area contributed by atoms with Crippen molar-refractivity contribution in [2.45, 2.75) is 17.4 Å². The number of aliphatic hydroxyl groups is 1. The molecule has 1 atom stereocenters. The molecule has 0 amide bonds. The van der Waals surface area contributed by atoms with Crippen LogP contribution in [-0.4, -0.2) is 20.1 Å². The summed E-state index contributed by atoms with van der Waals surface area (Å²) in [5, 5.41) is 11.8. The molecule has 0 unspecified atom stereocenters. The van der Waals surface area contributed by atoms with Gasteiger partial charge in [-0.3, -0.25) is 0 Å². The lowest BCUT2D eigenvalue weighted by atomic mass is 10.0. The number of hydrogen-bond acceptors (Lipinski definition) is 4. The average molecular weight is 366 g/mol. The van der Waals surface area contributed by atoms with Gasteiger partial charge in [0.2, 0.25) is 10.0 Å². The number of rotatable bonds is 5. The Hall–Kier alpha value is -1.86. The van der Waals surface area contributed by atoms with Crippen LogP contribution in [-0.2, 0) is 15.6 Å². The number of para-hydroxylation sites is 1. The van der Waals surface area contributed by atoms with Crippen LogP contribution < -0.4 is 4.72 Å².